The molecule has 1 aromatic rings. The second-order valence-electron chi connectivity index (χ2n) is 5.98. The first-order chi connectivity index (χ1) is 9.67. The lowest BCUT2D eigenvalue weighted by molar-refractivity contribution is 0.117. The fourth-order valence-corrected chi connectivity index (χ4v) is 3.14. The Kier molecular flexibility index (Phi) is 5.44. The maximum absolute atomic E-state index is 6.44. The van der Waals surface area contributed by atoms with Gasteiger partial charge >= 0.3 is 0 Å². The number of hydrogen-bond acceptors (Lipinski definition) is 3. The number of nitrogens with two attached hydrogens (primary N) is 1. The molecule has 1 heterocycles. The number of para-hydroxylation sites is 1. The van der Waals surface area contributed by atoms with Crippen molar-refractivity contribution in [3.05, 3.63) is 29.8 Å². The second-order valence-corrected chi connectivity index (χ2v) is 5.98. The summed E-state index contributed by atoms with van der Waals surface area (Å²) in [6, 6.07) is 8.73. The fraction of sp³-hybridized carbons (Fsp3) is 0.647. The molecule has 1 saturated heterocycles. The topological polar surface area (TPSA) is 38.5 Å². The Morgan fingerprint density at radius 3 is 2.55 bits per heavy atom. The predicted octanol–water partition coefficient (Wildman–Crippen LogP) is 3.21. The molecule has 0 spiro atoms. The Bertz CT molecular complexity index is 413. The SMILES string of the molecule is CCC(N)C(c1ccccc1OC)N1CCC(C)CC1. The van der Waals surface area contributed by atoms with Crippen LogP contribution in [0.25, 0.3) is 0 Å². The Labute approximate surface area is 123 Å². The van der Waals surface area contributed by atoms with Crippen LogP contribution in [-0.2, 0) is 0 Å². The summed E-state index contributed by atoms with van der Waals surface area (Å²) in [6.45, 7) is 6.78. The van der Waals surface area contributed by atoms with Crippen molar-refractivity contribution in [3.63, 3.8) is 0 Å². The molecule has 1 aliphatic rings. The maximum atomic E-state index is 6.44. The highest BCUT2D eigenvalue weighted by Gasteiger charge is 2.30. The first-order valence-corrected chi connectivity index (χ1v) is 7.79. The normalized spacial score (nSPS) is 20.6. The Morgan fingerprint density at radius 1 is 1.30 bits per heavy atom. The van der Waals surface area contributed by atoms with E-state index in [1.165, 1.54) is 18.4 Å². The average Bonchev–Trinajstić information content (AvgIpc) is 2.49. The summed E-state index contributed by atoms with van der Waals surface area (Å²) in [5, 5.41) is 0. The molecule has 0 radical (unpaired) electrons. The molecule has 3 nitrogen and oxygen atoms in total. The van der Waals surface area contributed by atoms with E-state index in [9.17, 15) is 0 Å². The third-order valence-electron chi connectivity index (χ3n) is 4.55. The van der Waals surface area contributed by atoms with Gasteiger partial charge in [0, 0.05) is 11.6 Å². The largest absolute Gasteiger partial charge is 0.496 e. The highest BCUT2D eigenvalue weighted by molar-refractivity contribution is 5.37. The van der Waals surface area contributed by atoms with Crippen LogP contribution in [-0.4, -0.2) is 31.1 Å². The van der Waals surface area contributed by atoms with E-state index in [0.29, 0.717) is 0 Å². The average molecular weight is 276 g/mol. The van der Waals surface area contributed by atoms with Gasteiger partial charge in [-0.1, -0.05) is 32.0 Å². The van der Waals surface area contributed by atoms with Gasteiger partial charge in [0.15, 0.2) is 0 Å². The minimum atomic E-state index is 0.153. The number of ether oxygens (including phenoxy) is 1. The molecule has 2 N–H and O–H groups in total. The molecule has 1 aliphatic heterocycles. The zero-order valence-electron chi connectivity index (χ0n) is 13.0. The summed E-state index contributed by atoms with van der Waals surface area (Å²) in [5.74, 6) is 1.79. The van der Waals surface area contributed by atoms with Gasteiger partial charge in [-0.2, -0.15) is 0 Å². The molecule has 112 valence electrons. The molecule has 0 bridgehead atoms. The maximum Gasteiger partial charge on any atom is 0.123 e. The predicted molar refractivity (Wildman–Crippen MR) is 84.0 cm³/mol. The molecule has 20 heavy (non-hydrogen) atoms. The molecule has 3 heteroatoms. The monoisotopic (exact) mass is 276 g/mol. The Balaban J connectivity index is 2.27. The summed E-state index contributed by atoms with van der Waals surface area (Å²) >= 11 is 0. The van der Waals surface area contributed by atoms with Gasteiger partial charge in [-0.15, -0.1) is 0 Å². The zero-order valence-corrected chi connectivity index (χ0v) is 13.0. The number of piperidine rings is 1. The van der Waals surface area contributed by atoms with Gasteiger partial charge in [-0.3, -0.25) is 4.90 Å². The standard InChI is InChI=1S/C17H28N2O/c1-4-15(18)17(19-11-9-13(2)10-12-19)14-7-5-6-8-16(14)20-3/h5-8,13,15,17H,4,9-12,18H2,1-3H3. The molecule has 2 rings (SSSR count). The van der Waals surface area contributed by atoms with E-state index >= 15 is 0 Å². The first-order valence-electron chi connectivity index (χ1n) is 7.79. The van der Waals surface area contributed by atoms with Gasteiger partial charge in [0.25, 0.3) is 0 Å². The molecular weight excluding hydrogens is 248 g/mol. The van der Waals surface area contributed by atoms with Crippen LogP contribution in [0.5, 0.6) is 5.75 Å². The fourth-order valence-electron chi connectivity index (χ4n) is 3.14. The minimum absolute atomic E-state index is 0.153. The van der Waals surface area contributed by atoms with E-state index in [1.807, 2.05) is 12.1 Å². The van der Waals surface area contributed by atoms with Gasteiger partial charge in [-0.05, 0) is 44.3 Å². The summed E-state index contributed by atoms with van der Waals surface area (Å²) in [6.07, 6.45) is 3.51. The van der Waals surface area contributed by atoms with Crippen molar-refractivity contribution in [2.24, 2.45) is 11.7 Å². The second kappa shape index (κ2) is 7.09. The van der Waals surface area contributed by atoms with Gasteiger partial charge in [0.2, 0.25) is 0 Å². The number of rotatable bonds is 5. The molecule has 1 aromatic carbocycles. The number of hydrogen-bond donors (Lipinski definition) is 1. The van der Waals surface area contributed by atoms with Crippen LogP contribution in [0.4, 0.5) is 0 Å². The molecular formula is C17H28N2O. The summed E-state index contributed by atoms with van der Waals surface area (Å²) < 4.78 is 5.55. The molecule has 0 aliphatic carbocycles. The number of nitrogens with zero attached hydrogens (tertiary/aromatic N) is 1. The van der Waals surface area contributed by atoms with Gasteiger partial charge in [0.1, 0.15) is 5.75 Å². The molecule has 0 amide bonds. The number of methoxy groups -OCH3 is 1. The van der Waals surface area contributed by atoms with Crippen LogP contribution in [0, 0.1) is 5.92 Å². The van der Waals surface area contributed by atoms with Crippen molar-refractivity contribution < 1.29 is 4.74 Å². The molecule has 2 unspecified atom stereocenters. The summed E-state index contributed by atoms with van der Waals surface area (Å²) in [5.41, 5.74) is 7.68. The zero-order chi connectivity index (χ0) is 14.5. The van der Waals surface area contributed by atoms with Crippen LogP contribution < -0.4 is 10.5 Å². The highest BCUT2D eigenvalue weighted by atomic mass is 16.5. The lowest BCUT2D eigenvalue weighted by atomic mass is 9.91. The third kappa shape index (κ3) is 3.33. The molecule has 0 aromatic heterocycles. The van der Waals surface area contributed by atoms with E-state index < -0.39 is 0 Å². The van der Waals surface area contributed by atoms with Crippen LogP contribution in [0.1, 0.15) is 44.7 Å². The van der Waals surface area contributed by atoms with E-state index in [0.717, 1.165) is 31.2 Å². The van der Waals surface area contributed by atoms with Crippen LogP contribution in [0.3, 0.4) is 0 Å². The van der Waals surface area contributed by atoms with E-state index in [1.54, 1.807) is 7.11 Å². The Morgan fingerprint density at radius 2 is 1.95 bits per heavy atom. The van der Waals surface area contributed by atoms with Crippen molar-refractivity contribution in [1.82, 2.24) is 4.90 Å². The third-order valence-corrected chi connectivity index (χ3v) is 4.55. The van der Waals surface area contributed by atoms with Crippen molar-refractivity contribution in [1.29, 1.82) is 0 Å². The van der Waals surface area contributed by atoms with E-state index in [-0.39, 0.29) is 12.1 Å². The van der Waals surface area contributed by atoms with Gasteiger partial charge < -0.3 is 10.5 Å². The number of benzene rings is 1. The van der Waals surface area contributed by atoms with Gasteiger partial charge in [-0.25, -0.2) is 0 Å². The van der Waals surface area contributed by atoms with Crippen molar-refractivity contribution in [2.75, 3.05) is 20.2 Å². The summed E-state index contributed by atoms with van der Waals surface area (Å²) in [4.78, 5) is 2.55. The molecule has 1 fully saturated rings. The van der Waals surface area contributed by atoms with Crippen molar-refractivity contribution in [2.45, 2.75) is 45.2 Å². The van der Waals surface area contributed by atoms with Crippen LogP contribution in [0.2, 0.25) is 0 Å². The number of likely N-dealkylation sites (tertiary alicyclic amines) is 1. The first kappa shape index (κ1) is 15.3. The lowest BCUT2D eigenvalue weighted by Gasteiger charge is -2.40. The van der Waals surface area contributed by atoms with Gasteiger partial charge in [0.05, 0.1) is 13.2 Å². The van der Waals surface area contributed by atoms with Crippen LogP contribution >= 0.6 is 0 Å². The minimum Gasteiger partial charge on any atom is -0.496 e. The van der Waals surface area contributed by atoms with Crippen molar-refractivity contribution >= 4 is 0 Å². The van der Waals surface area contributed by atoms with Crippen LogP contribution in [0.15, 0.2) is 24.3 Å². The van der Waals surface area contributed by atoms with Crippen molar-refractivity contribution in [3.8, 4) is 5.75 Å². The summed E-state index contributed by atoms with van der Waals surface area (Å²) in [7, 11) is 1.74. The quantitative estimate of drug-likeness (QED) is 0.897. The Hall–Kier alpha value is -1.06. The lowest BCUT2D eigenvalue weighted by Crippen LogP contribution is -2.44. The molecule has 0 saturated carbocycles. The van der Waals surface area contributed by atoms with E-state index in [4.69, 9.17) is 10.5 Å². The smallest absolute Gasteiger partial charge is 0.123 e. The van der Waals surface area contributed by atoms with E-state index in [2.05, 4.69) is 30.9 Å². The molecule has 2 atom stereocenters. The highest BCUT2D eigenvalue weighted by Crippen LogP contribution is 2.34.